The first-order valence-corrected chi connectivity index (χ1v) is 12.2. The maximum absolute atomic E-state index is 12.7. The van der Waals surface area contributed by atoms with E-state index in [1.165, 1.54) is 12.0 Å². The van der Waals surface area contributed by atoms with Gasteiger partial charge in [-0.3, -0.25) is 4.79 Å². The van der Waals surface area contributed by atoms with Crippen molar-refractivity contribution in [1.82, 2.24) is 10.2 Å². The van der Waals surface area contributed by atoms with Crippen LogP contribution in [0.2, 0.25) is 0 Å². The minimum Gasteiger partial charge on any atom is -0.483 e. The Hall–Kier alpha value is -2.59. The number of ether oxygens (including phenoxy) is 1. The van der Waals surface area contributed by atoms with Crippen LogP contribution in [0.3, 0.4) is 0 Å². The summed E-state index contributed by atoms with van der Waals surface area (Å²) in [6, 6.07) is 17.0. The molecule has 4 heteroatoms. The number of benzene rings is 2. The van der Waals surface area contributed by atoms with Crippen molar-refractivity contribution in [3.63, 3.8) is 0 Å². The fourth-order valence-corrected chi connectivity index (χ4v) is 5.00. The predicted octanol–water partition coefficient (Wildman–Crippen LogP) is 5.67. The molecule has 0 atom stereocenters. The monoisotopic (exact) mass is 432 g/mol. The summed E-state index contributed by atoms with van der Waals surface area (Å²) >= 11 is 0. The maximum atomic E-state index is 12.7. The van der Waals surface area contributed by atoms with Crippen molar-refractivity contribution < 1.29 is 9.53 Å². The molecule has 2 aromatic carbocycles. The first kappa shape index (κ1) is 22.6. The molecule has 0 saturated heterocycles. The van der Waals surface area contributed by atoms with Gasteiger partial charge in [0.2, 0.25) is 0 Å². The Morgan fingerprint density at radius 1 is 1.03 bits per heavy atom. The van der Waals surface area contributed by atoms with Gasteiger partial charge in [-0.05, 0) is 87.9 Å². The summed E-state index contributed by atoms with van der Waals surface area (Å²) in [7, 11) is 0. The molecule has 0 bridgehead atoms. The lowest BCUT2D eigenvalue weighted by molar-refractivity contribution is 0.0641. The van der Waals surface area contributed by atoms with Crippen molar-refractivity contribution >= 4 is 11.5 Å². The summed E-state index contributed by atoms with van der Waals surface area (Å²) in [5.41, 5.74) is 3.99. The molecule has 1 aliphatic heterocycles. The molecule has 2 aliphatic rings. The van der Waals surface area contributed by atoms with Crippen LogP contribution in [0.4, 0.5) is 0 Å². The van der Waals surface area contributed by atoms with Gasteiger partial charge in [-0.2, -0.15) is 0 Å². The van der Waals surface area contributed by atoms with Gasteiger partial charge in [-0.1, -0.05) is 37.3 Å². The van der Waals surface area contributed by atoms with E-state index in [1.807, 2.05) is 30.9 Å². The normalized spacial score (nSPS) is 22.1. The summed E-state index contributed by atoms with van der Waals surface area (Å²) < 4.78 is 6.62. The lowest BCUT2D eigenvalue weighted by Crippen LogP contribution is -2.45. The molecule has 4 nitrogen and oxygen atoms in total. The number of carbonyl (C=O) groups is 1. The second kappa shape index (κ2) is 9.91. The largest absolute Gasteiger partial charge is 0.483 e. The van der Waals surface area contributed by atoms with E-state index in [0.29, 0.717) is 6.04 Å². The smallest absolute Gasteiger partial charge is 0.253 e. The Labute approximate surface area is 192 Å². The van der Waals surface area contributed by atoms with Crippen LogP contribution < -0.4 is 10.1 Å². The van der Waals surface area contributed by atoms with Gasteiger partial charge >= 0.3 is 0 Å². The van der Waals surface area contributed by atoms with Crippen LogP contribution in [0.5, 0.6) is 5.75 Å². The summed E-state index contributed by atoms with van der Waals surface area (Å²) in [5, 5.41) is 3.68. The van der Waals surface area contributed by atoms with Crippen LogP contribution >= 0.6 is 0 Å². The van der Waals surface area contributed by atoms with E-state index in [9.17, 15) is 4.79 Å². The van der Waals surface area contributed by atoms with E-state index in [2.05, 4.69) is 54.7 Å². The average Bonchev–Trinajstić information content (AvgIpc) is 2.84. The van der Waals surface area contributed by atoms with Crippen LogP contribution in [0.15, 0.2) is 54.6 Å². The van der Waals surface area contributed by atoms with Gasteiger partial charge < -0.3 is 15.0 Å². The lowest BCUT2D eigenvalue weighted by atomic mass is 9.77. The Kier molecular flexibility index (Phi) is 7.00. The molecular weight excluding hydrogens is 396 g/mol. The van der Waals surface area contributed by atoms with Crippen molar-refractivity contribution in [1.29, 1.82) is 0 Å². The van der Waals surface area contributed by atoms with E-state index < -0.39 is 0 Å². The van der Waals surface area contributed by atoms with E-state index in [-0.39, 0.29) is 11.5 Å². The zero-order valence-corrected chi connectivity index (χ0v) is 19.7. The molecule has 1 saturated carbocycles. The highest BCUT2D eigenvalue weighted by Crippen LogP contribution is 2.44. The molecule has 32 heavy (non-hydrogen) atoms. The minimum absolute atomic E-state index is 0.0947. The Morgan fingerprint density at radius 2 is 1.72 bits per heavy atom. The summed E-state index contributed by atoms with van der Waals surface area (Å²) in [6.07, 6.45) is 7.82. The average molecular weight is 433 g/mol. The third-order valence-electron chi connectivity index (χ3n) is 6.91. The minimum atomic E-state index is -0.246. The number of hydrogen-bond donors (Lipinski definition) is 1. The number of rotatable bonds is 7. The van der Waals surface area contributed by atoms with E-state index in [0.717, 1.165) is 67.8 Å². The molecular formula is C28H36N2O2. The summed E-state index contributed by atoms with van der Waals surface area (Å²) in [4.78, 5) is 14.6. The van der Waals surface area contributed by atoms with Crippen LogP contribution in [0.1, 0.15) is 74.4 Å². The molecule has 4 rings (SSSR count). The van der Waals surface area contributed by atoms with Gasteiger partial charge in [0.05, 0.1) is 0 Å². The van der Waals surface area contributed by atoms with Crippen molar-refractivity contribution in [3.05, 3.63) is 71.3 Å². The van der Waals surface area contributed by atoms with E-state index in [4.69, 9.17) is 4.74 Å². The first-order chi connectivity index (χ1) is 15.6. The summed E-state index contributed by atoms with van der Waals surface area (Å²) in [6.45, 7) is 8.79. The van der Waals surface area contributed by atoms with Crippen molar-refractivity contribution in [2.24, 2.45) is 0 Å². The predicted molar refractivity (Wildman–Crippen MR) is 131 cm³/mol. The van der Waals surface area contributed by atoms with Crippen molar-refractivity contribution in [2.45, 2.75) is 64.5 Å². The van der Waals surface area contributed by atoms with Crippen molar-refractivity contribution in [3.8, 4) is 5.75 Å². The molecule has 0 unspecified atom stereocenters. The number of carbonyl (C=O) groups excluding carboxylic acids is 1. The Bertz CT molecular complexity index is 952. The second-order valence-corrected chi connectivity index (χ2v) is 9.00. The van der Waals surface area contributed by atoms with Gasteiger partial charge in [0.1, 0.15) is 11.4 Å². The SMILES string of the molecule is CCCNC1CCC2(C=C(c3ccc(C(=O)N(CC)CC)cc3)c3ccccc3O2)CC1. The summed E-state index contributed by atoms with van der Waals surface area (Å²) in [5.74, 6) is 1.06. The fraction of sp³-hybridized carbons (Fsp3) is 0.464. The molecule has 1 fully saturated rings. The number of fused-ring (bicyclic) bond motifs is 1. The number of hydrogen-bond acceptors (Lipinski definition) is 3. The fourth-order valence-electron chi connectivity index (χ4n) is 5.00. The zero-order valence-electron chi connectivity index (χ0n) is 19.7. The Balaban J connectivity index is 1.62. The number of nitrogens with one attached hydrogen (secondary N) is 1. The van der Waals surface area contributed by atoms with Gasteiger partial charge in [-0.25, -0.2) is 0 Å². The third-order valence-corrected chi connectivity index (χ3v) is 6.91. The topological polar surface area (TPSA) is 41.6 Å². The highest BCUT2D eigenvalue weighted by atomic mass is 16.5. The third kappa shape index (κ3) is 4.61. The molecule has 0 aromatic heterocycles. The number of amides is 1. The molecule has 1 spiro atoms. The van der Waals surface area contributed by atoms with Crippen LogP contribution in [-0.4, -0.2) is 42.1 Å². The van der Waals surface area contributed by atoms with Gasteiger partial charge in [0, 0.05) is 30.3 Å². The molecule has 170 valence electrons. The van der Waals surface area contributed by atoms with Gasteiger partial charge in [-0.15, -0.1) is 0 Å². The van der Waals surface area contributed by atoms with Gasteiger partial charge in [0.15, 0.2) is 0 Å². The lowest BCUT2D eigenvalue weighted by Gasteiger charge is -2.42. The standard InChI is InChI=1S/C28H36N2O2/c1-4-19-29-23-15-17-28(18-16-23)20-25(24-9-7-8-10-26(24)32-28)21-11-13-22(14-12-21)27(31)30(5-2)6-3/h7-14,20,23,29H,4-6,15-19H2,1-3H3. The number of para-hydroxylation sites is 1. The van der Waals surface area contributed by atoms with Crippen molar-refractivity contribution in [2.75, 3.05) is 19.6 Å². The molecule has 2 aromatic rings. The second-order valence-electron chi connectivity index (χ2n) is 9.00. The van der Waals surface area contributed by atoms with E-state index in [1.54, 1.807) is 0 Å². The van der Waals surface area contributed by atoms with Crippen LogP contribution in [0, 0.1) is 0 Å². The van der Waals surface area contributed by atoms with E-state index >= 15 is 0 Å². The highest BCUT2D eigenvalue weighted by Gasteiger charge is 2.39. The molecule has 1 amide bonds. The highest BCUT2D eigenvalue weighted by molar-refractivity contribution is 5.95. The van der Waals surface area contributed by atoms with Crippen LogP contribution in [-0.2, 0) is 0 Å². The maximum Gasteiger partial charge on any atom is 0.253 e. The molecule has 0 radical (unpaired) electrons. The molecule has 1 aliphatic carbocycles. The Morgan fingerprint density at radius 3 is 2.38 bits per heavy atom. The quantitative estimate of drug-likeness (QED) is 0.613. The van der Waals surface area contributed by atoms with Gasteiger partial charge in [0.25, 0.3) is 5.91 Å². The molecule has 1 N–H and O–H groups in total. The first-order valence-electron chi connectivity index (χ1n) is 12.2. The van der Waals surface area contributed by atoms with Crippen LogP contribution in [0.25, 0.3) is 5.57 Å². The zero-order chi connectivity index (χ0) is 22.6. The molecule has 1 heterocycles. The number of nitrogens with zero attached hydrogens (tertiary/aromatic N) is 1.